The molecule has 4 heteroatoms. The maximum atomic E-state index is 6.60. The van der Waals surface area contributed by atoms with E-state index in [0.29, 0.717) is 11.3 Å². The molecule has 2 rings (SSSR count). The van der Waals surface area contributed by atoms with Crippen LogP contribution in [0.5, 0.6) is 0 Å². The van der Waals surface area contributed by atoms with Crippen molar-refractivity contribution in [2.75, 3.05) is 0 Å². The topological polar surface area (TPSA) is 18.5 Å². The van der Waals surface area contributed by atoms with E-state index in [0.717, 1.165) is 32.1 Å². The molecule has 1 aliphatic heterocycles. The smallest absolute Gasteiger partial charge is 0.404 e. The van der Waals surface area contributed by atoms with Crippen molar-refractivity contribution in [2.45, 2.75) is 96.0 Å². The standard InChI is InChI=1S/C19H34BClO2/c1-6-7-8-9-10-11-12-17(21)20-22-16-13-15(2)18(3,4)14-19(16,5)23-20/h6,15-17H,1,7-14H2,2-5H3/t15-,16+,17?,19-/m0/s1. The SMILES string of the molecule is C=CCCCCCCC(Cl)B1O[C@@H]2C[C@H](C)C(C)(C)C[C@]2(C)O1. The van der Waals surface area contributed by atoms with Crippen molar-refractivity contribution in [1.29, 1.82) is 0 Å². The maximum Gasteiger partial charge on any atom is 0.476 e. The predicted molar refractivity (Wildman–Crippen MR) is 99.8 cm³/mol. The lowest BCUT2D eigenvalue weighted by Gasteiger charge is -2.47. The quantitative estimate of drug-likeness (QED) is 0.241. The molecule has 0 radical (unpaired) electrons. The van der Waals surface area contributed by atoms with E-state index in [-0.39, 0.29) is 24.1 Å². The van der Waals surface area contributed by atoms with E-state index in [9.17, 15) is 0 Å². The highest BCUT2D eigenvalue weighted by molar-refractivity contribution is 6.59. The Morgan fingerprint density at radius 1 is 1.26 bits per heavy atom. The molecule has 0 bridgehead atoms. The first-order chi connectivity index (χ1) is 10.8. The Balaban J connectivity index is 1.78. The summed E-state index contributed by atoms with van der Waals surface area (Å²) in [6.07, 6.45) is 11.3. The average molecular weight is 341 g/mol. The van der Waals surface area contributed by atoms with Gasteiger partial charge < -0.3 is 9.31 Å². The second-order valence-corrected chi connectivity index (χ2v) is 9.08. The fourth-order valence-electron chi connectivity index (χ4n) is 4.13. The summed E-state index contributed by atoms with van der Waals surface area (Å²) in [4.78, 5) is 0. The van der Waals surface area contributed by atoms with E-state index in [1.165, 1.54) is 19.3 Å². The fraction of sp³-hybridized carbons (Fsp3) is 0.895. The van der Waals surface area contributed by atoms with Gasteiger partial charge in [-0.15, -0.1) is 18.2 Å². The summed E-state index contributed by atoms with van der Waals surface area (Å²) in [5, 5.41) is -0.0322. The van der Waals surface area contributed by atoms with E-state index in [4.69, 9.17) is 20.9 Å². The summed E-state index contributed by atoms with van der Waals surface area (Å²) in [5.74, 6) is 0.654. The third kappa shape index (κ3) is 4.77. The molecular formula is C19H34BClO2. The number of alkyl halides is 1. The molecule has 1 saturated carbocycles. The first kappa shape index (κ1) is 19.3. The molecular weight excluding hydrogens is 306 g/mol. The lowest BCUT2D eigenvalue weighted by molar-refractivity contribution is -0.0575. The van der Waals surface area contributed by atoms with Crippen LogP contribution in [0.25, 0.3) is 0 Å². The second-order valence-electron chi connectivity index (χ2n) is 8.52. The van der Waals surface area contributed by atoms with Gasteiger partial charge in [0.1, 0.15) is 0 Å². The number of fused-ring (bicyclic) bond motifs is 1. The van der Waals surface area contributed by atoms with Gasteiger partial charge in [-0.2, -0.15) is 0 Å². The lowest BCUT2D eigenvalue weighted by atomic mass is 9.63. The zero-order valence-corrected chi connectivity index (χ0v) is 16.2. The van der Waals surface area contributed by atoms with Crippen LogP contribution in [-0.2, 0) is 9.31 Å². The van der Waals surface area contributed by atoms with Crippen LogP contribution in [0, 0.1) is 11.3 Å². The molecule has 0 N–H and O–H groups in total. The van der Waals surface area contributed by atoms with Gasteiger partial charge in [-0.25, -0.2) is 0 Å². The Kier molecular flexibility index (Phi) is 6.67. The van der Waals surface area contributed by atoms with Gasteiger partial charge >= 0.3 is 7.12 Å². The maximum absolute atomic E-state index is 6.60. The van der Waals surface area contributed by atoms with Crippen molar-refractivity contribution in [1.82, 2.24) is 0 Å². The number of halogens is 1. The van der Waals surface area contributed by atoms with Gasteiger partial charge in [-0.1, -0.05) is 46.1 Å². The van der Waals surface area contributed by atoms with Gasteiger partial charge in [-0.3, -0.25) is 0 Å². The molecule has 1 unspecified atom stereocenters. The first-order valence-electron chi connectivity index (χ1n) is 9.37. The summed E-state index contributed by atoms with van der Waals surface area (Å²) >= 11 is 6.60. The average Bonchev–Trinajstić information content (AvgIpc) is 2.78. The molecule has 1 aliphatic carbocycles. The van der Waals surface area contributed by atoms with Crippen molar-refractivity contribution in [2.24, 2.45) is 11.3 Å². The van der Waals surface area contributed by atoms with Gasteiger partial charge in [0.15, 0.2) is 0 Å². The highest BCUT2D eigenvalue weighted by Crippen LogP contribution is 2.50. The van der Waals surface area contributed by atoms with Gasteiger partial charge in [0, 0.05) is 0 Å². The van der Waals surface area contributed by atoms with Crippen LogP contribution >= 0.6 is 11.6 Å². The Morgan fingerprint density at radius 2 is 1.96 bits per heavy atom. The van der Waals surface area contributed by atoms with Crippen LogP contribution in [0.4, 0.5) is 0 Å². The van der Waals surface area contributed by atoms with Crippen molar-refractivity contribution in [3.63, 3.8) is 0 Å². The van der Waals surface area contributed by atoms with Gasteiger partial charge in [-0.05, 0) is 50.4 Å². The summed E-state index contributed by atoms with van der Waals surface area (Å²) in [5.41, 5.74) is 0.133. The molecule has 4 atom stereocenters. The van der Waals surface area contributed by atoms with E-state index in [1.54, 1.807) is 0 Å². The van der Waals surface area contributed by atoms with Crippen molar-refractivity contribution < 1.29 is 9.31 Å². The summed E-state index contributed by atoms with van der Waals surface area (Å²) in [7, 11) is -0.235. The zero-order chi connectivity index (χ0) is 17.1. The minimum atomic E-state index is -0.235. The minimum Gasteiger partial charge on any atom is -0.404 e. The molecule has 2 nitrogen and oxygen atoms in total. The van der Waals surface area contributed by atoms with Crippen LogP contribution in [0.2, 0.25) is 0 Å². The lowest BCUT2D eigenvalue weighted by Crippen LogP contribution is -2.49. The van der Waals surface area contributed by atoms with Gasteiger partial charge in [0.25, 0.3) is 0 Å². The van der Waals surface area contributed by atoms with Crippen molar-refractivity contribution in [3.8, 4) is 0 Å². The molecule has 2 aliphatic rings. The molecule has 0 aromatic heterocycles. The third-order valence-electron chi connectivity index (χ3n) is 6.01. The number of allylic oxidation sites excluding steroid dienone is 1. The molecule has 0 aromatic carbocycles. The summed E-state index contributed by atoms with van der Waals surface area (Å²) in [6, 6.07) is 0. The first-order valence-corrected chi connectivity index (χ1v) is 9.80. The summed E-state index contributed by atoms with van der Waals surface area (Å²) < 4.78 is 12.5. The Morgan fingerprint density at radius 3 is 2.65 bits per heavy atom. The monoisotopic (exact) mass is 340 g/mol. The van der Waals surface area contributed by atoms with E-state index < -0.39 is 0 Å². The highest BCUT2D eigenvalue weighted by atomic mass is 35.5. The number of hydrogen-bond donors (Lipinski definition) is 0. The molecule has 23 heavy (non-hydrogen) atoms. The van der Waals surface area contributed by atoms with E-state index in [2.05, 4.69) is 34.3 Å². The molecule has 1 saturated heterocycles. The van der Waals surface area contributed by atoms with Gasteiger partial charge in [0.05, 0.1) is 17.0 Å². The number of unbranched alkanes of at least 4 members (excludes halogenated alkanes) is 4. The van der Waals surface area contributed by atoms with Crippen molar-refractivity contribution in [3.05, 3.63) is 12.7 Å². The molecule has 0 spiro atoms. The summed E-state index contributed by atoms with van der Waals surface area (Å²) in [6.45, 7) is 13.0. The molecule has 1 heterocycles. The van der Waals surface area contributed by atoms with E-state index in [1.807, 2.05) is 6.08 Å². The normalized spacial score (nSPS) is 34.2. The number of hydrogen-bond acceptors (Lipinski definition) is 2. The van der Waals surface area contributed by atoms with Crippen LogP contribution in [-0.4, -0.2) is 24.1 Å². The predicted octanol–water partition coefficient (Wildman–Crippen LogP) is 5.78. The molecule has 132 valence electrons. The molecule has 0 amide bonds. The van der Waals surface area contributed by atoms with Crippen molar-refractivity contribution >= 4 is 18.7 Å². The Bertz CT molecular complexity index is 401. The molecule has 2 fully saturated rings. The Labute approximate surface area is 148 Å². The number of rotatable bonds is 8. The van der Waals surface area contributed by atoms with Crippen LogP contribution in [0.15, 0.2) is 12.7 Å². The van der Waals surface area contributed by atoms with Gasteiger partial charge in [0.2, 0.25) is 0 Å². The third-order valence-corrected chi connectivity index (χ3v) is 6.43. The highest BCUT2D eigenvalue weighted by Gasteiger charge is 2.56. The fourth-order valence-corrected chi connectivity index (χ4v) is 4.40. The largest absolute Gasteiger partial charge is 0.476 e. The van der Waals surface area contributed by atoms with Crippen LogP contribution < -0.4 is 0 Å². The Hall–Kier alpha value is 0.0149. The van der Waals surface area contributed by atoms with Crippen LogP contribution in [0.1, 0.15) is 79.1 Å². The van der Waals surface area contributed by atoms with E-state index >= 15 is 0 Å². The van der Waals surface area contributed by atoms with Crippen LogP contribution in [0.3, 0.4) is 0 Å². The second kappa shape index (κ2) is 7.93. The molecule has 0 aromatic rings. The zero-order valence-electron chi connectivity index (χ0n) is 15.4. The minimum absolute atomic E-state index is 0.0322.